The van der Waals surface area contributed by atoms with Crippen LogP contribution in [0.2, 0.25) is 0 Å². The molecule has 0 unspecified atom stereocenters. The van der Waals surface area contributed by atoms with E-state index in [-0.39, 0.29) is 23.6 Å². The molecule has 0 aromatic carbocycles. The number of carbonyl (C=O) groups is 2. The summed E-state index contributed by atoms with van der Waals surface area (Å²) >= 11 is 0. The number of hydrogen-bond acceptors (Lipinski definition) is 5. The number of nitrogens with one attached hydrogen (secondary N) is 1. The van der Waals surface area contributed by atoms with Gasteiger partial charge in [-0.05, 0) is 12.8 Å². The highest BCUT2D eigenvalue weighted by atomic mass is 16.2. The fourth-order valence-corrected chi connectivity index (χ4v) is 2.83. The van der Waals surface area contributed by atoms with Crippen LogP contribution in [0.25, 0.3) is 11.2 Å². The number of imidazole rings is 1. The molecule has 2 aromatic heterocycles. The molecule has 148 valence electrons. The molecule has 10 nitrogen and oxygen atoms in total. The fourth-order valence-electron chi connectivity index (χ4n) is 2.83. The zero-order chi connectivity index (χ0) is 20.1. The van der Waals surface area contributed by atoms with E-state index in [0.29, 0.717) is 19.5 Å². The molecule has 0 saturated carbocycles. The van der Waals surface area contributed by atoms with Crippen LogP contribution >= 0.6 is 0 Å². The Bertz CT molecular complexity index is 955. The van der Waals surface area contributed by atoms with Crippen molar-refractivity contribution < 1.29 is 9.59 Å². The summed E-state index contributed by atoms with van der Waals surface area (Å²) in [5.41, 5.74) is -0.687. The van der Waals surface area contributed by atoms with Gasteiger partial charge in [-0.25, -0.2) is 14.3 Å². The Labute approximate surface area is 156 Å². The molecule has 2 rings (SSSR count). The van der Waals surface area contributed by atoms with Gasteiger partial charge in [0.2, 0.25) is 11.8 Å². The average Bonchev–Trinajstić information content (AvgIpc) is 3.03. The van der Waals surface area contributed by atoms with Gasteiger partial charge < -0.3 is 14.8 Å². The molecule has 2 aromatic rings. The van der Waals surface area contributed by atoms with Gasteiger partial charge in [0.15, 0.2) is 11.2 Å². The van der Waals surface area contributed by atoms with Crippen LogP contribution < -0.4 is 16.6 Å². The summed E-state index contributed by atoms with van der Waals surface area (Å²) in [5, 5.41) is 2.72. The number of amides is 2. The minimum atomic E-state index is -0.619. The Kier molecular flexibility index (Phi) is 6.54. The number of rotatable bonds is 8. The summed E-state index contributed by atoms with van der Waals surface area (Å²) in [4.78, 5) is 55.3. The highest BCUT2D eigenvalue weighted by Crippen LogP contribution is 2.03. The smallest absolute Gasteiger partial charge is 0.332 e. The first kappa shape index (κ1) is 20.4. The van der Waals surface area contributed by atoms with Crippen molar-refractivity contribution in [3.8, 4) is 0 Å². The number of nitrogens with zero attached hydrogens (tertiary/aromatic N) is 5. The van der Waals surface area contributed by atoms with E-state index in [0.717, 1.165) is 11.0 Å². The van der Waals surface area contributed by atoms with E-state index >= 15 is 0 Å². The maximum absolute atomic E-state index is 12.7. The predicted molar refractivity (Wildman–Crippen MR) is 100 cm³/mol. The molecule has 0 bridgehead atoms. The van der Waals surface area contributed by atoms with E-state index in [4.69, 9.17) is 0 Å². The standard InChI is InChI=1S/C17H26N6O4/c1-5-7-18-12(24)9-22(8-6-2)13(25)10-23-16(26)14-15(19-11-20(14)3)21(4)17(23)27/h11H,5-10H2,1-4H3,(H,18,24). The van der Waals surface area contributed by atoms with Crippen LogP contribution in [0.5, 0.6) is 0 Å². The highest BCUT2D eigenvalue weighted by molar-refractivity contribution is 5.84. The summed E-state index contributed by atoms with van der Waals surface area (Å²) in [6.45, 7) is 4.19. The molecule has 0 aliphatic heterocycles. The SMILES string of the molecule is CCCNC(=O)CN(CCC)C(=O)Cn1c(=O)c2c(ncn2C)n(C)c1=O. The fraction of sp³-hybridized carbons (Fsp3) is 0.588. The van der Waals surface area contributed by atoms with E-state index in [1.165, 1.54) is 27.4 Å². The third-order valence-electron chi connectivity index (χ3n) is 4.25. The van der Waals surface area contributed by atoms with Gasteiger partial charge in [0.1, 0.15) is 6.54 Å². The topological polar surface area (TPSA) is 111 Å². The number of hydrogen-bond donors (Lipinski definition) is 1. The first-order valence-electron chi connectivity index (χ1n) is 8.97. The van der Waals surface area contributed by atoms with Crippen molar-refractivity contribution in [1.29, 1.82) is 0 Å². The normalized spacial score (nSPS) is 11.0. The van der Waals surface area contributed by atoms with Crippen LogP contribution in [-0.2, 0) is 30.2 Å². The molecule has 0 saturated heterocycles. The summed E-state index contributed by atoms with van der Waals surface area (Å²) in [6, 6.07) is 0. The number of fused-ring (bicyclic) bond motifs is 1. The zero-order valence-electron chi connectivity index (χ0n) is 16.2. The second-order valence-corrected chi connectivity index (χ2v) is 6.43. The van der Waals surface area contributed by atoms with Crippen molar-refractivity contribution in [2.24, 2.45) is 14.1 Å². The maximum atomic E-state index is 12.7. The monoisotopic (exact) mass is 378 g/mol. The third-order valence-corrected chi connectivity index (χ3v) is 4.25. The minimum absolute atomic E-state index is 0.101. The van der Waals surface area contributed by atoms with Gasteiger partial charge in [0.25, 0.3) is 5.56 Å². The van der Waals surface area contributed by atoms with Crippen molar-refractivity contribution in [3.63, 3.8) is 0 Å². The van der Waals surface area contributed by atoms with Crippen LogP contribution in [0.4, 0.5) is 0 Å². The van der Waals surface area contributed by atoms with Gasteiger partial charge in [0.05, 0.1) is 12.9 Å². The van der Waals surface area contributed by atoms with E-state index in [2.05, 4.69) is 10.3 Å². The largest absolute Gasteiger partial charge is 0.355 e. The van der Waals surface area contributed by atoms with E-state index in [9.17, 15) is 19.2 Å². The van der Waals surface area contributed by atoms with Gasteiger partial charge in [-0.15, -0.1) is 0 Å². The van der Waals surface area contributed by atoms with Gasteiger partial charge in [-0.2, -0.15) is 0 Å². The quantitative estimate of drug-likeness (QED) is 0.646. The van der Waals surface area contributed by atoms with Crippen LogP contribution in [0, 0.1) is 0 Å². The molecule has 2 heterocycles. The summed E-state index contributed by atoms with van der Waals surface area (Å²) < 4.78 is 3.64. The van der Waals surface area contributed by atoms with Crippen LogP contribution in [-0.4, -0.2) is 55.0 Å². The first-order valence-corrected chi connectivity index (χ1v) is 8.97. The van der Waals surface area contributed by atoms with Crippen LogP contribution in [0.3, 0.4) is 0 Å². The number of carbonyl (C=O) groups excluding carboxylic acids is 2. The summed E-state index contributed by atoms with van der Waals surface area (Å²) in [6.07, 6.45) is 2.89. The number of aryl methyl sites for hydroxylation is 2. The van der Waals surface area contributed by atoms with Gasteiger partial charge in [0, 0.05) is 27.2 Å². The van der Waals surface area contributed by atoms with Gasteiger partial charge >= 0.3 is 5.69 Å². The Morgan fingerprint density at radius 1 is 1.19 bits per heavy atom. The second kappa shape index (κ2) is 8.65. The van der Waals surface area contributed by atoms with Crippen molar-refractivity contribution in [2.45, 2.75) is 33.2 Å². The third kappa shape index (κ3) is 4.26. The molecule has 0 atom stereocenters. The molecule has 0 spiro atoms. The van der Waals surface area contributed by atoms with Crippen molar-refractivity contribution in [3.05, 3.63) is 27.2 Å². The molecule has 0 radical (unpaired) electrons. The second-order valence-electron chi connectivity index (χ2n) is 6.43. The Hall–Kier alpha value is -2.91. The molecule has 27 heavy (non-hydrogen) atoms. The van der Waals surface area contributed by atoms with Crippen molar-refractivity contribution in [1.82, 2.24) is 28.9 Å². The predicted octanol–water partition coefficient (Wildman–Crippen LogP) is -0.801. The lowest BCUT2D eigenvalue weighted by Crippen LogP contribution is -2.47. The Morgan fingerprint density at radius 2 is 1.89 bits per heavy atom. The first-order chi connectivity index (χ1) is 12.8. The molecular weight excluding hydrogens is 352 g/mol. The summed E-state index contributed by atoms with van der Waals surface area (Å²) in [5.74, 6) is -0.717. The molecule has 1 N–H and O–H groups in total. The van der Waals surface area contributed by atoms with Gasteiger partial charge in [-0.1, -0.05) is 13.8 Å². The van der Waals surface area contributed by atoms with E-state index < -0.39 is 23.7 Å². The van der Waals surface area contributed by atoms with E-state index in [1.54, 1.807) is 7.05 Å². The molecule has 0 aliphatic carbocycles. The van der Waals surface area contributed by atoms with Crippen molar-refractivity contribution in [2.75, 3.05) is 19.6 Å². The number of aromatic nitrogens is 4. The minimum Gasteiger partial charge on any atom is -0.355 e. The van der Waals surface area contributed by atoms with Crippen molar-refractivity contribution >= 4 is 23.0 Å². The molecular formula is C17H26N6O4. The Morgan fingerprint density at radius 3 is 2.52 bits per heavy atom. The molecule has 2 amide bonds. The lowest BCUT2D eigenvalue weighted by atomic mass is 10.3. The molecule has 0 aliphatic rings. The zero-order valence-corrected chi connectivity index (χ0v) is 16.2. The van der Waals surface area contributed by atoms with E-state index in [1.807, 2.05) is 13.8 Å². The molecule has 10 heteroatoms. The average molecular weight is 378 g/mol. The van der Waals surface area contributed by atoms with Crippen LogP contribution in [0.15, 0.2) is 15.9 Å². The van der Waals surface area contributed by atoms with Crippen LogP contribution in [0.1, 0.15) is 26.7 Å². The molecule has 0 fully saturated rings. The maximum Gasteiger partial charge on any atom is 0.332 e. The lowest BCUT2D eigenvalue weighted by Gasteiger charge is -2.22. The summed E-state index contributed by atoms with van der Waals surface area (Å²) in [7, 11) is 3.15. The highest BCUT2D eigenvalue weighted by Gasteiger charge is 2.21. The lowest BCUT2D eigenvalue weighted by molar-refractivity contribution is -0.136. The Balaban J connectivity index is 2.32. The van der Waals surface area contributed by atoms with Gasteiger partial charge in [-0.3, -0.25) is 19.0 Å².